The van der Waals surface area contributed by atoms with Crippen molar-refractivity contribution in [3.63, 3.8) is 0 Å². The molecule has 106 valence electrons. The van der Waals surface area contributed by atoms with Crippen molar-refractivity contribution in [3.8, 4) is 0 Å². The summed E-state index contributed by atoms with van der Waals surface area (Å²) < 4.78 is 0. The SMILES string of the molecule is CCNCc1ccc(CN2CCC(CC)CC2)nc1. The van der Waals surface area contributed by atoms with Crippen LogP contribution in [0, 0.1) is 5.92 Å². The zero-order chi connectivity index (χ0) is 13.5. The van der Waals surface area contributed by atoms with Gasteiger partial charge in [-0.15, -0.1) is 0 Å². The monoisotopic (exact) mass is 261 g/mol. The molecule has 0 aliphatic carbocycles. The van der Waals surface area contributed by atoms with E-state index in [0.717, 1.165) is 25.6 Å². The smallest absolute Gasteiger partial charge is 0.0544 e. The maximum atomic E-state index is 4.58. The fourth-order valence-electron chi connectivity index (χ4n) is 2.70. The second kappa shape index (κ2) is 7.61. The van der Waals surface area contributed by atoms with Gasteiger partial charge in [0.15, 0.2) is 0 Å². The molecular formula is C16H27N3. The van der Waals surface area contributed by atoms with E-state index >= 15 is 0 Å². The molecule has 1 aromatic heterocycles. The van der Waals surface area contributed by atoms with E-state index in [1.807, 2.05) is 6.20 Å². The lowest BCUT2D eigenvalue weighted by Crippen LogP contribution is -2.33. The second-order valence-electron chi connectivity index (χ2n) is 5.57. The highest BCUT2D eigenvalue weighted by Gasteiger charge is 2.17. The zero-order valence-electron chi connectivity index (χ0n) is 12.4. The first-order chi connectivity index (χ1) is 9.31. The van der Waals surface area contributed by atoms with Crippen LogP contribution in [0.1, 0.15) is 44.4 Å². The Labute approximate surface area is 117 Å². The van der Waals surface area contributed by atoms with E-state index in [1.165, 1.54) is 43.6 Å². The summed E-state index contributed by atoms with van der Waals surface area (Å²) in [4.78, 5) is 7.12. The number of rotatable bonds is 6. The van der Waals surface area contributed by atoms with Gasteiger partial charge in [0.2, 0.25) is 0 Å². The molecule has 2 heterocycles. The number of nitrogens with one attached hydrogen (secondary N) is 1. The average Bonchev–Trinajstić information content (AvgIpc) is 2.47. The van der Waals surface area contributed by atoms with Gasteiger partial charge in [0.1, 0.15) is 0 Å². The van der Waals surface area contributed by atoms with Crippen molar-refractivity contribution in [2.24, 2.45) is 5.92 Å². The van der Waals surface area contributed by atoms with Gasteiger partial charge in [-0.3, -0.25) is 9.88 Å². The number of hydrogen-bond donors (Lipinski definition) is 1. The quantitative estimate of drug-likeness (QED) is 0.853. The molecule has 0 radical (unpaired) electrons. The minimum absolute atomic E-state index is 0.922. The molecule has 3 nitrogen and oxygen atoms in total. The molecule has 1 aliphatic heterocycles. The van der Waals surface area contributed by atoms with E-state index in [1.54, 1.807) is 0 Å². The van der Waals surface area contributed by atoms with Gasteiger partial charge in [0, 0.05) is 19.3 Å². The normalized spacial score (nSPS) is 17.8. The van der Waals surface area contributed by atoms with Crippen molar-refractivity contribution in [2.45, 2.75) is 46.2 Å². The molecule has 0 unspecified atom stereocenters. The molecular weight excluding hydrogens is 234 g/mol. The molecule has 1 aromatic rings. The summed E-state index contributed by atoms with van der Waals surface area (Å²) in [6.45, 7) is 9.85. The number of likely N-dealkylation sites (tertiary alicyclic amines) is 1. The Morgan fingerprint density at radius 1 is 1.26 bits per heavy atom. The van der Waals surface area contributed by atoms with Crippen molar-refractivity contribution in [1.82, 2.24) is 15.2 Å². The molecule has 1 N–H and O–H groups in total. The Hall–Kier alpha value is -0.930. The van der Waals surface area contributed by atoms with Crippen LogP contribution in [0.2, 0.25) is 0 Å². The molecule has 0 spiro atoms. The third-order valence-corrected chi connectivity index (χ3v) is 4.14. The standard InChI is InChI=1S/C16H27N3/c1-3-14-7-9-19(10-8-14)13-16-6-5-15(12-18-16)11-17-4-2/h5-6,12,14,17H,3-4,7-11,13H2,1-2H3. The fourth-order valence-corrected chi connectivity index (χ4v) is 2.70. The van der Waals surface area contributed by atoms with Crippen molar-refractivity contribution in [3.05, 3.63) is 29.6 Å². The van der Waals surface area contributed by atoms with Gasteiger partial charge in [-0.2, -0.15) is 0 Å². The molecule has 0 amide bonds. The van der Waals surface area contributed by atoms with Crippen molar-refractivity contribution >= 4 is 0 Å². The van der Waals surface area contributed by atoms with E-state index in [0.29, 0.717) is 0 Å². The van der Waals surface area contributed by atoms with Crippen LogP contribution in [0.15, 0.2) is 18.3 Å². The largest absolute Gasteiger partial charge is 0.313 e. The number of hydrogen-bond acceptors (Lipinski definition) is 3. The number of nitrogens with zero attached hydrogens (tertiary/aromatic N) is 2. The molecule has 2 rings (SSSR count). The van der Waals surface area contributed by atoms with Crippen LogP contribution < -0.4 is 5.32 Å². The van der Waals surface area contributed by atoms with Crippen LogP contribution in [-0.4, -0.2) is 29.5 Å². The number of pyridine rings is 1. The summed E-state index contributed by atoms with van der Waals surface area (Å²) in [6, 6.07) is 4.38. The van der Waals surface area contributed by atoms with Crippen LogP contribution in [0.3, 0.4) is 0 Å². The minimum Gasteiger partial charge on any atom is -0.313 e. The first-order valence-electron chi connectivity index (χ1n) is 7.68. The van der Waals surface area contributed by atoms with Gasteiger partial charge in [0.05, 0.1) is 5.69 Å². The molecule has 1 fully saturated rings. The molecule has 0 saturated carbocycles. The summed E-state index contributed by atoms with van der Waals surface area (Å²) in [6.07, 6.45) is 6.06. The first kappa shape index (κ1) is 14.5. The van der Waals surface area contributed by atoms with E-state index in [9.17, 15) is 0 Å². The molecule has 0 aromatic carbocycles. The predicted molar refractivity (Wildman–Crippen MR) is 79.9 cm³/mol. The maximum Gasteiger partial charge on any atom is 0.0544 e. The molecule has 0 atom stereocenters. The Morgan fingerprint density at radius 3 is 2.63 bits per heavy atom. The van der Waals surface area contributed by atoms with Gasteiger partial charge >= 0.3 is 0 Å². The molecule has 1 saturated heterocycles. The maximum absolute atomic E-state index is 4.58. The third-order valence-electron chi connectivity index (χ3n) is 4.14. The Morgan fingerprint density at radius 2 is 2.05 bits per heavy atom. The highest BCUT2D eigenvalue weighted by Crippen LogP contribution is 2.20. The second-order valence-corrected chi connectivity index (χ2v) is 5.57. The van der Waals surface area contributed by atoms with Gasteiger partial charge in [0.25, 0.3) is 0 Å². The number of piperidine rings is 1. The molecule has 0 bridgehead atoms. The third kappa shape index (κ3) is 4.59. The van der Waals surface area contributed by atoms with E-state index in [-0.39, 0.29) is 0 Å². The van der Waals surface area contributed by atoms with Crippen LogP contribution in [-0.2, 0) is 13.1 Å². The van der Waals surface area contributed by atoms with Gasteiger partial charge < -0.3 is 5.32 Å². The van der Waals surface area contributed by atoms with E-state index < -0.39 is 0 Å². The van der Waals surface area contributed by atoms with Crippen molar-refractivity contribution < 1.29 is 0 Å². The Bertz CT molecular complexity index is 353. The first-order valence-corrected chi connectivity index (χ1v) is 7.68. The van der Waals surface area contributed by atoms with Gasteiger partial charge in [-0.1, -0.05) is 26.3 Å². The summed E-state index contributed by atoms with van der Waals surface area (Å²) in [5.74, 6) is 0.951. The molecule has 19 heavy (non-hydrogen) atoms. The molecule has 1 aliphatic rings. The molecule has 3 heteroatoms. The lowest BCUT2D eigenvalue weighted by atomic mass is 9.94. The highest BCUT2D eigenvalue weighted by atomic mass is 15.1. The predicted octanol–water partition coefficient (Wildman–Crippen LogP) is 2.81. The summed E-state index contributed by atoms with van der Waals surface area (Å²) in [7, 11) is 0. The summed E-state index contributed by atoms with van der Waals surface area (Å²) in [5.41, 5.74) is 2.48. The number of aromatic nitrogens is 1. The van der Waals surface area contributed by atoms with Gasteiger partial charge in [-0.25, -0.2) is 0 Å². The van der Waals surface area contributed by atoms with Crippen LogP contribution in [0.25, 0.3) is 0 Å². The average molecular weight is 261 g/mol. The van der Waals surface area contributed by atoms with E-state index in [4.69, 9.17) is 0 Å². The fraction of sp³-hybridized carbons (Fsp3) is 0.688. The minimum atomic E-state index is 0.922. The van der Waals surface area contributed by atoms with Crippen molar-refractivity contribution in [1.29, 1.82) is 0 Å². The summed E-state index contributed by atoms with van der Waals surface area (Å²) in [5, 5.41) is 3.33. The Balaban J connectivity index is 1.79. The zero-order valence-corrected chi connectivity index (χ0v) is 12.4. The van der Waals surface area contributed by atoms with Crippen LogP contribution in [0.5, 0.6) is 0 Å². The lowest BCUT2D eigenvalue weighted by molar-refractivity contribution is 0.173. The topological polar surface area (TPSA) is 28.2 Å². The summed E-state index contributed by atoms with van der Waals surface area (Å²) >= 11 is 0. The highest BCUT2D eigenvalue weighted by molar-refractivity contribution is 5.14. The Kier molecular flexibility index (Phi) is 5.80. The van der Waals surface area contributed by atoms with Crippen molar-refractivity contribution in [2.75, 3.05) is 19.6 Å². The van der Waals surface area contributed by atoms with E-state index in [2.05, 4.69) is 41.2 Å². The van der Waals surface area contributed by atoms with Crippen LogP contribution in [0.4, 0.5) is 0 Å². The van der Waals surface area contributed by atoms with Crippen LogP contribution >= 0.6 is 0 Å². The lowest BCUT2D eigenvalue weighted by Gasteiger charge is -2.31. The van der Waals surface area contributed by atoms with Gasteiger partial charge in [-0.05, 0) is 50.0 Å².